The van der Waals surface area contributed by atoms with Gasteiger partial charge in [0.1, 0.15) is 0 Å². The molecule has 3 aromatic carbocycles. The second-order valence-electron chi connectivity index (χ2n) is 6.59. The molecule has 132 valence electrons. The van der Waals surface area contributed by atoms with E-state index in [-0.39, 0.29) is 0 Å². The highest BCUT2D eigenvalue weighted by Crippen LogP contribution is 2.31. The predicted octanol–water partition coefficient (Wildman–Crippen LogP) is 4.68. The van der Waals surface area contributed by atoms with Gasteiger partial charge >= 0.3 is 0 Å². The van der Waals surface area contributed by atoms with E-state index in [1.807, 2.05) is 56.3 Å². The smallest absolute Gasteiger partial charge is 0.248 e. The van der Waals surface area contributed by atoms with Crippen LogP contribution in [-0.2, 0) is 0 Å². The van der Waals surface area contributed by atoms with E-state index < -0.39 is 5.91 Å². The minimum Gasteiger partial charge on any atom is -0.366 e. The first-order chi connectivity index (χ1) is 13.0. The first-order valence-corrected chi connectivity index (χ1v) is 8.78. The van der Waals surface area contributed by atoms with Crippen LogP contribution in [0.5, 0.6) is 0 Å². The number of carbonyl (C=O) groups excluding carboxylic acids is 1. The average Bonchev–Trinajstić information content (AvgIpc) is 2.68. The molecule has 0 aliphatic heterocycles. The van der Waals surface area contributed by atoms with Crippen LogP contribution in [0.25, 0.3) is 33.4 Å². The molecule has 2 N–H and O–H groups in total. The summed E-state index contributed by atoms with van der Waals surface area (Å²) < 4.78 is 0. The number of rotatable bonds is 3. The first-order valence-electron chi connectivity index (χ1n) is 8.78. The molecule has 1 amide bonds. The Morgan fingerprint density at radius 1 is 0.852 bits per heavy atom. The highest BCUT2D eigenvalue weighted by atomic mass is 16.1. The Balaban J connectivity index is 1.91. The summed E-state index contributed by atoms with van der Waals surface area (Å²) in [5.74, 6) is 0.144. The van der Waals surface area contributed by atoms with Crippen LogP contribution in [0.2, 0.25) is 0 Å². The van der Waals surface area contributed by atoms with Gasteiger partial charge in [-0.25, -0.2) is 9.97 Å². The molecule has 1 aromatic heterocycles. The van der Waals surface area contributed by atoms with Crippen molar-refractivity contribution in [3.63, 3.8) is 0 Å². The Bertz CT molecular complexity index is 1170. The van der Waals surface area contributed by atoms with Crippen LogP contribution in [0.15, 0.2) is 66.7 Å². The number of hydrogen-bond acceptors (Lipinski definition) is 3. The highest BCUT2D eigenvalue weighted by Gasteiger charge is 2.13. The first kappa shape index (κ1) is 16.9. The summed E-state index contributed by atoms with van der Waals surface area (Å²) in [4.78, 5) is 21.2. The molecule has 4 nitrogen and oxygen atoms in total. The monoisotopic (exact) mass is 353 g/mol. The van der Waals surface area contributed by atoms with Gasteiger partial charge in [0.15, 0.2) is 5.82 Å². The van der Waals surface area contributed by atoms with Gasteiger partial charge in [0.25, 0.3) is 0 Å². The molecule has 0 radical (unpaired) electrons. The highest BCUT2D eigenvalue weighted by molar-refractivity contribution is 5.98. The normalized spacial score (nSPS) is 10.9. The fourth-order valence-electron chi connectivity index (χ4n) is 3.38. The summed E-state index contributed by atoms with van der Waals surface area (Å²) in [6.45, 7) is 3.85. The molecule has 0 bridgehead atoms. The van der Waals surface area contributed by atoms with E-state index >= 15 is 0 Å². The van der Waals surface area contributed by atoms with Crippen LogP contribution in [0.3, 0.4) is 0 Å². The lowest BCUT2D eigenvalue weighted by molar-refractivity contribution is 0.1000. The van der Waals surface area contributed by atoms with Crippen LogP contribution < -0.4 is 5.73 Å². The van der Waals surface area contributed by atoms with Gasteiger partial charge in [0.2, 0.25) is 5.91 Å². The Morgan fingerprint density at radius 2 is 1.63 bits per heavy atom. The molecular weight excluding hydrogens is 334 g/mol. The summed E-state index contributed by atoms with van der Waals surface area (Å²) in [5.41, 5.74) is 11.6. The van der Waals surface area contributed by atoms with Crippen LogP contribution in [0.1, 0.15) is 21.6 Å². The van der Waals surface area contributed by atoms with Crippen molar-refractivity contribution >= 4 is 16.8 Å². The largest absolute Gasteiger partial charge is 0.366 e. The zero-order valence-electron chi connectivity index (χ0n) is 15.2. The van der Waals surface area contributed by atoms with Gasteiger partial charge in [0, 0.05) is 22.2 Å². The van der Waals surface area contributed by atoms with Crippen LogP contribution >= 0.6 is 0 Å². The van der Waals surface area contributed by atoms with Gasteiger partial charge < -0.3 is 5.73 Å². The number of aryl methyl sites for hydroxylation is 2. The van der Waals surface area contributed by atoms with Gasteiger partial charge in [-0.3, -0.25) is 4.79 Å². The molecule has 0 aliphatic rings. The molecule has 0 fully saturated rings. The molecule has 4 aromatic rings. The molecule has 4 heteroatoms. The zero-order chi connectivity index (χ0) is 19.0. The van der Waals surface area contributed by atoms with Crippen LogP contribution in [-0.4, -0.2) is 15.9 Å². The lowest BCUT2D eigenvalue weighted by Gasteiger charge is -2.11. The molecule has 0 aliphatic carbocycles. The third-order valence-corrected chi connectivity index (χ3v) is 4.75. The fraction of sp³-hybridized carbons (Fsp3) is 0.0870. The molecule has 27 heavy (non-hydrogen) atoms. The Morgan fingerprint density at radius 3 is 2.37 bits per heavy atom. The summed E-state index contributed by atoms with van der Waals surface area (Å²) in [5, 5.41) is 1.04. The molecule has 0 atom stereocenters. The maximum absolute atomic E-state index is 11.7. The summed E-state index contributed by atoms with van der Waals surface area (Å²) in [6, 6.07) is 21.9. The van der Waals surface area contributed by atoms with Crippen molar-refractivity contribution in [2.24, 2.45) is 5.73 Å². The molecule has 0 unspecified atom stereocenters. The van der Waals surface area contributed by atoms with Crippen molar-refractivity contribution in [2.75, 3.05) is 0 Å². The van der Waals surface area contributed by atoms with Gasteiger partial charge in [-0.15, -0.1) is 0 Å². The van der Waals surface area contributed by atoms with Crippen molar-refractivity contribution in [3.05, 3.63) is 83.6 Å². The Hall–Kier alpha value is -3.53. The quantitative estimate of drug-likeness (QED) is 0.581. The number of aromatic nitrogens is 2. The van der Waals surface area contributed by atoms with E-state index in [1.165, 1.54) is 0 Å². The molecule has 4 rings (SSSR count). The van der Waals surface area contributed by atoms with Gasteiger partial charge in [0.05, 0.1) is 5.52 Å². The Kier molecular flexibility index (Phi) is 4.16. The summed E-state index contributed by atoms with van der Waals surface area (Å²) in [6.07, 6.45) is 0. The number of hydrogen-bond donors (Lipinski definition) is 1. The van der Waals surface area contributed by atoms with Gasteiger partial charge in [-0.2, -0.15) is 0 Å². The predicted molar refractivity (Wildman–Crippen MR) is 108 cm³/mol. The summed E-state index contributed by atoms with van der Waals surface area (Å²) >= 11 is 0. The van der Waals surface area contributed by atoms with E-state index in [0.29, 0.717) is 11.4 Å². The van der Waals surface area contributed by atoms with Gasteiger partial charge in [-0.05, 0) is 42.7 Å². The molecule has 0 saturated carbocycles. The third kappa shape index (κ3) is 3.06. The van der Waals surface area contributed by atoms with Crippen molar-refractivity contribution in [1.82, 2.24) is 9.97 Å². The number of benzene rings is 3. The van der Waals surface area contributed by atoms with Crippen molar-refractivity contribution in [2.45, 2.75) is 13.8 Å². The fourth-order valence-corrected chi connectivity index (χ4v) is 3.38. The lowest BCUT2D eigenvalue weighted by atomic mass is 9.99. The number of carbonyl (C=O) groups is 1. The van der Waals surface area contributed by atoms with Crippen LogP contribution in [0.4, 0.5) is 0 Å². The average molecular weight is 353 g/mol. The standard InChI is InChI=1S/C23H19N3O/c1-14-11-12-17(13-19(14)22(24)27)23-25-15(2)21-18(9-6-10-20(21)26-23)16-7-4-3-5-8-16/h3-13H,1-2H3,(H2,24,27). The third-order valence-electron chi connectivity index (χ3n) is 4.75. The van der Waals surface area contributed by atoms with Crippen molar-refractivity contribution < 1.29 is 4.79 Å². The molecule has 1 heterocycles. The van der Waals surface area contributed by atoms with E-state index in [1.54, 1.807) is 6.07 Å². The Labute approximate surface area is 157 Å². The van der Waals surface area contributed by atoms with E-state index in [4.69, 9.17) is 15.7 Å². The topological polar surface area (TPSA) is 68.9 Å². The number of nitrogens with two attached hydrogens (primary N) is 1. The van der Waals surface area contributed by atoms with E-state index in [9.17, 15) is 4.79 Å². The molecular formula is C23H19N3O. The number of primary amides is 1. The maximum Gasteiger partial charge on any atom is 0.248 e. The molecule has 0 saturated heterocycles. The minimum atomic E-state index is -0.446. The SMILES string of the molecule is Cc1ccc(-c2nc(C)c3c(-c4ccccc4)cccc3n2)cc1C(N)=O. The van der Waals surface area contributed by atoms with Gasteiger partial charge in [-0.1, -0.05) is 54.6 Å². The zero-order valence-corrected chi connectivity index (χ0v) is 15.2. The van der Waals surface area contributed by atoms with E-state index in [0.717, 1.165) is 38.9 Å². The van der Waals surface area contributed by atoms with Crippen LogP contribution in [0, 0.1) is 13.8 Å². The molecule has 0 spiro atoms. The van der Waals surface area contributed by atoms with Crippen molar-refractivity contribution in [1.29, 1.82) is 0 Å². The summed E-state index contributed by atoms with van der Waals surface area (Å²) in [7, 11) is 0. The lowest BCUT2D eigenvalue weighted by Crippen LogP contribution is -2.12. The van der Waals surface area contributed by atoms with Crippen molar-refractivity contribution in [3.8, 4) is 22.5 Å². The minimum absolute atomic E-state index is 0.446. The maximum atomic E-state index is 11.7. The number of nitrogens with zero attached hydrogens (tertiary/aromatic N) is 2. The number of fused-ring (bicyclic) bond motifs is 1. The van der Waals surface area contributed by atoms with E-state index in [2.05, 4.69) is 18.2 Å². The second-order valence-corrected chi connectivity index (χ2v) is 6.59. The second kappa shape index (κ2) is 6.65. The number of amides is 1.